The van der Waals surface area contributed by atoms with Gasteiger partial charge in [0, 0.05) is 24.6 Å². The number of nitrogens with one attached hydrogen (secondary N) is 2. The lowest BCUT2D eigenvalue weighted by atomic mass is 10.1. The predicted octanol–water partition coefficient (Wildman–Crippen LogP) is 1.61. The van der Waals surface area contributed by atoms with Crippen molar-refractivity contribution in [2.24, 2.45) is 5.73 Å². The van der Waals surface area contributed by atoms with Crippen LogP contribution in [0.2, 0.25) is 0 Å². The molecule has 1 atom stereocenters. The lowest BCUT2D eigenvalue weighted by molar-refractivity contribution is -0.149. The summed E-state index contributed by atoms with van der Waals surface area (Å²) in [7, 11) is 0. The van der Waals surface area contributed by atoms with E-state index in [1.165, 1.54) is 0 Å². The monoisotopic (exact) mass is 413 g/mol. The normalized spacial score (nSPS) is 13.5. The smallest absolute Gasteiger partial charge is 0.329 e. The topological polar surface area (TPSA) is 129 Å². The van der Waals surface area contributed by atoms with E-state index in [1.807, 2.05) is 18.2 Å². The highest BCUT2D eigenvalue weighted by atomic mass is 16.5. The maximum Gasteiger partial charge on any atom is 0.329 e. The van der Waals surface area contributed by atoms with Gasteiger partial charge in [-0.1, -0.05) is 30.3 Å². The number of carbonyl (C=O) groups excluding carboxylic acids is 3. The zero-order valence-corrected chi connectivity index (χ0v) is 16.3. The first kappa shape index (κ1) is 21.0. The summed E-state index contributed by atoms with van der Waals surface area (Å²) >= 11 is 0. The third-order valence-corrected chi connectivity index (χ3v) is 4.26. The van der Waals surface area contributed by atoms with E-state index < -0.39 is 30.6 Å². The highest BCUT2D eigenvalue weighted by Gasteiger charge is 2.23. The van der Waals surface area contributed by atoms with Gasteiger partial charge in [-0.2, -0.15) is 0 Å². The van der Waals surface area contributed by atoms with Gasteiger partial charge in [0.2, 0.25) is 0 Å². The van der Waals surface area contributed by atoms with E-state index in [2.05, 4.69) is 10.6 Å². The molecule has 0 spiro atoms. The number of hydrogen-bond donors (Lipinski definition) is 3. The van der Waals surface area contributed by atoms with Gasteiger partial charge in [0.05, 0.1) is 13.2 Å². The first-order valence-corrected chi connectivity index (χ1v) is 9.47. The molecule has 0 aliphatic carbocycles. The third kappa shape index (κ3) is 6.13. The number of anilines is 1. The lowest BCUT2D eigenvalue weighted by Gasteiger charge is -2.16. The second-order valence-corrected chi connectivity index (χ2v) is 6.62. The van der Waals surface area contributed by atoms with E-state index in [9.17, 15) is 14.4 Å². The van der Waals surface area contributed by atoms with E-state index in [0.29, 0.717) is 30.4 Å². The summed E-state index contributed by atoms with van der Waals surface area (Å²) < 4.78 is 16.2. The minimum absolute atomic E-state index is 0.187. The Labute approximate surface area is 173 Å². The Morgan fingerprint density at radius 1 is 1.03 bits per heavy atom. The first-order valence-electron chi connectivity index (χ1n) is 9.47. The van der Waals surface area contributed by atoms with Crippen molar-refractivity contribution in [3.8, 4) is 11.5 Å². The number of carbonyl (C=O) groups is 3. The Kier molecular flexibility index (Phi) is 7.09. The average molecular weight is 413 g/mol. The van der Waals surface area contributed by atoms with Gasteiger partial charge in [0.25, 0.3) is 5.91 Å². The van der Waals surface area contributed by atoms with Crippen molar-refractivity contribution in [3.63, 3.8) is 0 Å². The molecule has 0 radical (unpaired) electrons. The quantitative estimate of drug-likeness (QED) is 0.592. The maximum atomic E-state index is 12.4. The molecule has 0 saturated heterocycles. The Morgan fingerprint density at radius 2 is 1.77 bits per heavy atom. The number of nitrogens with two attached hydrogens (primary N) is 1. The van der Waals surface area contributed by atoms with Gasteiger partial charge < -0.3 is 30.6 Å². The van der Waals surface area contributed by atoms with Crippen LogP contribution in [0, 0.1) is 0 Å². The van der Waals surface area contributed by atoms with Crippen LogP contribution in [0.4, 0.5) is 10.5 Å². The van der Waals surface area contributed by atoms with Crippen LogP contribution in [0.15, 0.2) is 48.5 Å². The van der Waals surface area contributed by atoms with Crippen LogP contribution in [0.1, 0.15) is 12.0 Å². The molecular formula is C21H23N3O6. The van der Waals surface area contributed by atoms with Gasteiger partial charge in [0.15, 0.2) is 18.1 Å². The van der Waals surface area contributed by atoms with E-state index in [1.54, 1.807) is 30.3 Å². The molecule has 3 amide bonds. The van der Waals surface area contributed by atoms with Crippen LogP contribution in [0.25, 0.3) is 0 Å². The molecule has 1 heterocycles. The number of amides is 3. The molecule has 3 rings (SSSR count). The number of ether oxygens (including phenoxy) is 3. The molecule has 2 aromatic carbocycles. The number of benzene rings is 2. The standard InChI is InChI=1S/C21H23N3O6/c22-21(27)24-16(11-14-5-2-1-3-6-14)20(26)30-13-19(25)23-15-7-8-17-18(12-15)29-10-4-9-28-17/h1-3,5-8,12,16H,4,9-11,13H2,(H,23,25)(H3,22,24,27)/t16-/m0/s1. The van der Waals surface area contributed by atoms with Crippen LogP contribution < -0.4 is 25.8 Å². The maximum absolute atomic E-state index is 12.4. The van der Waals surface area contributed by atoms with Crippen molar-refractivity contribution in [1.29, 1.82) is 0 Å². The summed E-state index contributed by atoms with van der Waals surface area (Å²) in [6.45, 7) is 0.578. The molecule has 2 aromatic rings. The number of rotatable bonds is 7. The molecule has 9 nitrogen and oxygen atoms in total. The molecule has 30 heavy (non-hydrogen) atoms. The van der Waals surface area contributed by atoms with Crippen LogP contribution in [0.5, 0.6) is 11.5 Å². The molecule has 158 valence electrons. The second kappa shape index (κ2) is 10.1. The van der Waals surface area contributed by atoms with Gasteiger partial charge in [-0.25, -0.2) is 9.59 Å². The van der Waals surface area contributed by atoms with Crippen molar-refractivity contribution >= 4 is 23.6 Å². The zero-order valence-electron chi connectivity index (χ0n) is 16.3. The van der Waals surface area contributed by atoms with Crippen molar-refractivity contribution in [2.75, 3.05) is 25.1 Å². The summed E-state index contributed by atoms with van der Waals surface area (Å²) in [5.74, 6) is -0.143. The van der Waals surface area contributed by atoms with Gasteiger partial charge in [-0.05, 0) is 17.7 Å². The summed E-state index contributed by atoms with van der Waals surface area (Å²) in [6.07, 6.45) is 0.961. The summed E-state index contributed by atoms with van der Waals surface area (Å²) in [6, 6.07) is 12.2. The van der Waals surface area contributed by atoms with Gasteiger partial charge in [-0.15, -0.1) is 0 Å². The summed E-state index contributed by atoms with van der Waals surface area (Å²) in [4.78, 5) is 35.8. The van der Waals surface area contributed by atoms with Crippen LogP contribution >= 0.6 is 0 Å². The van der Waals surface area contributed by atoms with Crippen LogP contribution in [0.3, 0.4) is 0 Å². The van der Waals surface area contributed by atoms with Crippen LogP contribution in [-0.4, -0.2) is 43.8 Å². The van der Waals surface area contributed by atoms with Crippen molar-refractivity contribution < 1.29 is 28.6 Å². The molecule has 0 bridgehead atoms. The number of primary amides is 1. The Bertz CT molecular complexity index is 903. The van der Waals surface area contributed by atoms with E-state index >= 15 is 0 Å². The number of urea groups is 1. The van der Waals surface area contributed by atoms with Crippen molar-refractivity contribution in [1.82, 2.24) is 5.32 Å². The number of hydrogen-bond acceptors (Lipinski definition) is 6. The van der Waals surface area contributed by atoms with Crippen molar-refractivity contribution in [3.05, 3.63) is 54.1 Å². The van der Waals surface area contributed by atoms with Gasteiger partial charge in [-0.3, -0.25) is 4.79 Å². The Hall–Kier alpha value is -3.75. The fraction of sp³-hybridized carbons (Fsp3) is 0.286. The number of esters is 1. The molecule has 0 fully saturated rings. The highest BCUT2D eigenvalue weighted by Crippen LogP contribution is 2.32. The molecule has 0 unspecified atom stereocenters. The average Bonchev–Trinajstić information content (AvgIpc) is 2.97. The summed E-state index contributed by atoms with van der Waals surface area (Å²) in [5, 5.41) is 4.98. The van der Waals surface area contributed by atoms with Gasteiger partial charge in [0.1, 0.15) is 6.04 Å². The fourth-order valence-electron chi connectivity index (χ4n) is 2.89. The molecule has 0 aromatic heterocycles. The summed E-state index contributed by atoms with van der Waals surface area (Å²) in [5.41, 5.74) is 6.44. The molecule has 4 N–H and O–H groups in total. The highest BCUT2D eigenvalue weighted by molar-refractivity contribution is 5.93. The first-order chi connectivity index (χ1) is 14.5. The van der Waals surface area contributed by atoms with Crippen LogP contribution in [-0.2, 0) is 20.7 Å². The molecule has 1 aliphatic heterocycles. The molecule has 1 aliphatic rings. The zero-order chi connectivity index (χ0) is 21.3. The molecular weight excluding hydrogens is 390 g/mol. The minimum Gasteiger partial charge on any atom is -0.490 e. The predicted molar refractivity (Wildman–Crippen MR) is 108 cm³/mol. The SMILES string of the molecule is NC(=O)N[C@@H](Cc1ccccc1)C(=O)OCC(=O)Nc1ccc2c(c1)OCCCO2. The third-order valence-electron chi connectivity index (χ3n) is 4.26. The minimum atomic E-state index is -1.00. The number of fused-ring (bicyclic) bond motifs is 1. The van der Waals surface area contributed by atoms with E-state index in [4.69, 9.17) is 19.9 Å². The lowest BCUT2D eigenvalue weighted by Crippen LogP contribution is -2.46. The van der Waals surface area contributed by atoms with Gasteiger partial charge >= 0.3 is 12.0 Å². The molecule has 0 saturated carbocycles. The van der Waals surface area contributed by atoms with Crippen molar-refractivity contribution in [2.45, 2.75) is 18.9 Å². The van der Waals surface area contributed by atoms with E-state index in [-0.39, 0.29) is 6.42 Å². The Morgan fingerprint density at radius 3 is 2.50 bits per heavy atom. The fourth-order valence-corrected chi connectivity index (χ4v) is 2.89. The Balaban J connectivity index is 1.55. The molecule has 9 heteroatoms. The largest absolute Gasteiger partial charge is 0.490 e. The second-order valence-electron chi connectivity index (χ2n) is 6.62. The van der Waals surface area contributed by atoms with E-state index in [0.717, 1.165) is 12.0 Å².